The van der Waals surface area contributed by atoms with Gasteiger partial charge >= 0.3 is 0 Å². The monoisotopic (exact) mass is 358 g/mol. The van der Waals surface area contributed by atoms with Crippen LogP contribution >= 0.6 is 0 Å². The van der Waals surface area contributed by atoms with Gasteiger partial charge in [-0.25, -0.2) is 0 Å². The Balaban J connectivity index is 2.83. The molecule has 2 radical (unpaired) electrons. The quantitative estimate of drug-likeness (QED) is 0.692. The van der Waals surface area contributed by atoms with E-state index in [1.807, 2.05) is 41.5 Å². The molecule has 0 atom stereocenters. The number of hydrogen-bond donors (Lipinski definition) is 0. The molecule has 0 N–H and O–H groups in total. The first-order valence-corrected chi connectivity index (χ1v) is 8.86. The predicted octanol–water partition coefficient (Wildman–Crippen LogP) is 5.26. The van der Waals surface area contributed by atoms with Crippen molar-refractivity contribution in [1.29, 1.82) is 0 Å². The Morgan fingerprint density at radius 2 is 1.46 bits per heavy atom. The second-order valence-electron chi connectivity index (χ2n) is 8.97. The van der Waals surface area contributed by atoms with E-state index >= 15 is 0 Å². The molecule has 0 aromatic heterocycles. The normalized spacial score (nSPS) is 19.5. The van der Waals surface area contributed by atoms with Crippen molar-refractivity contribution < 1.29 is 19.7 Å². The molecule has 0 fully saturated rings. The van der Waals surface area contributed by atoms with E-state index in [0.29, 0.717) is 17.1 Å². The van der Waals surface area contributed by atoms with Crippen molar-refractivity contribution in [2.24, 2.45) is 16.2 Å². The van der Waals surface area contributed by atoms with Crippen LogP contribution in [0.1, 0.15) is 47.1 Å². The largest absolute Gasteiger partial charge is 0.497 e. The lowest BCUT2D eigenvalue weighted by Gasteiger charge is -2.57. The lowest BCUT2D eigenvalue weighted by Crippen LogP contribution is -2.61. The van der Waals surface area contributed by atoms with Crippen LogP contribution < -0.4 is 4.74 Å². The average molecular weight is 358 g/mol. The zero-order valence-corrected chi connectivity index (χ0v) is 17.1. The van der Waals surface area contributed by atoms with E-state index in [0.717, 1.165) is 0 Å². The second-order valence-corrected chi connectivity index (χ2v) is 8.97. The Morgan fingerprint density at radius 1 is 0.885 bits per heavy atom. The lowest BCUT2D eigenvalue weighted by atomic mass is 9.47. The Bertz CT molecular complexity index is 713. The van der Waals surface area contributed by atoms with Crippen LogP contribution in [0.25, 0.3) is 5.57 Å². The summed E-state index contributed by atoms with van der Waals surface area (Å²) in [5, 5.41) is 27.8. The highest BCUT2D eigenvalue weighted by molar-refractivity contribution is 5.76. The fourth-order valence-electron chi connectivity index (χ4n) is 4.53. The molecule has 2 rings (SSSR count). The molecule has 0 saturated carbocycles. The van der Waals surface area contributed by atoms with E-state index in [1.165, 1.54) is 0 Å². The minimum atomic E-state index is -2.60. The first-order valence-electron chi connectivity index (χ1n) is 8.86. The maximum absolute atomic E-state index is 13.9. The van der Waals surface area contributed by atoms with Crippen LogP contribution in [0.2, 0.25) is 0 Å². The summed E-state index contributed by atoms with van der Waals surface area (Å²) < 4.78 is 10.8. The molecule has 4 heteroatoms. The Morgan fingerprint density at radius 3 is 1.92 bits per heavy atom. The zero-order valence-electron chi connectivity index (χ0n) is 17.1. The second kappa shape index (κ2) is 6.43. The molecule has 1 aliphatic carbocycles. The van der Waals surface area contributed by atoms with Crippen LogP contribution in [-0.2, 0) is 14.9 Å². The third kappa shape index (κ3) is 2.95. The van der Waals surface area contributed by atoms with E-state index in [2.05, 4.69) is 0 Å². The van der Waals surface area contributed by atoms with Crippen LogP contribution in [0.3, 0.4) is 0 Å². The van der Waals surface area contributed by atoms with Crippen molar-refractivity contribution >= 4 is 5.57 Å². The van der Waals surface area contributed by atoms with Crippen LogP contribution in [0.5, 0.6) is 5.75 Å². The molecule has 142 valence electrons. The van der Waals surface area contributed by atoms with Gasteiger partial charge in [0.05, 0.1) is 19.6 Å². The summed E-state index contributed by atoms with van der Waals surface area (Å²) in [6.07, 6.45) is 3.32. The van der Waals surface area contributed by atoms with E-state index in [9.17, 15) is 10.2 Å². The van der Waals surface area contributed by atoms with E-state index in [-0.39, 0.29) is 5.57 Å². The summed E-state index contributed by atoms with van der Waals surface area (Å²) >= 11 is 0. The predicted molar refractivity (Wildman–Crippen MR) is 102 cm³/mol. The number of ether oxygens (including phenoxy) is 2. The fraction of sp³-hybridized carbons (Fsp3) is 0.545. The Hall–Kier alpha value is -1.78. The molecule has 1 aliphatic rings. The number of rotatable bonds is 3. The summed E-state index contributed by atoms with van der Waals surface area (Å²) in [6.45, 7) is 11.7. The molecule has 26 heavy (non-hydrogen) atoms. The van der Waals surface area contributed by atoms with Gasteiger partial charge in [-0.05, 0) is 40.7 Å². The van der Waals surface area contributed by atoms with Crippen LogP contribution in [0, 0.1) is 16.2 Å². The Kier molecular flexibility index (Phi) is 5.08. The average Bonchev–Trinajstić information content (AvgIpc) is 2.52. The van der Waals surface area contributed by atoms with Crippen molar-refractivity contribution in [3.63, 3.8) is 0 Å². The minimum Gasteiger partial charge on any atom is -0.497 e. The topological polar surface area (TPSA) is 58.3 Å². The van der Waals surface area contributed by atoms with Crippen molar-refractivity contribution in [3.05, 3.63) is 47.7 Å². The van der Waals surface area contributed by atoms with Gasteiger partial charge in [0.1, 0.15) is 11.5 Å². The highest BCUT2D eigenvalue weighted by Crippen LogP contribution is 2.63. The van der Waals surface area contributed by atoms with Crippen LogP contribution in [0.15, 0.2) is 42.2 Å². The van der Waals surface area contributed by atoms with Crippen molar-refractivity contribution in [2.45, 2.75) is 47.3 Å². The van der Waals surface area contributed by atoms with Gasteiger partial charge in [0.25, 0.3) is 5.79 Å². The zero-order chi connectivity index (χ0) is 20.0. The van der Waals surface area contributed by atoms with Crippen molar-refractivity contribution in [3.8, 4) is 5.75 Å². The van der Waals surface area contributed by atoms with Gasteiger partial charge in [-0.2, -0.15) is 10.2 Å². The molecule has 1 aromatic rings. The van der Waals surface area contributed by atoms with Gasteiger partial charge in [0.15, 0.2) is 0 Å². The molecular weight excluding hydrogens is 328 g/mol. The molecule has 0 saturated heterocycles. The third-order valence-electron chi connectivity index (χ3n) is 5.50. The molecule has 1 aromatic carbocycles. The highest BCUT2D eigenvalue weighted by Gasteiger charge is 2.67. The minimum absolute atomic E-state index is 0.181. The number of hydrogen-bond acceptors (Lipinski definition) is 2. The maximum Gasteiger partial charge on any atom is 0.270 e. The van der Waals surface area contributed by atoms with Gasteiger partial charge in [-0.15, -0.1) is 0 Å². The maximum atomic E-state index is 13.9. The highest BCUT2D eigenvalue weighted by atomic mass is 16.5. The molecule has 0 spiro atoms. The number of benzene rings is 1. The van der Waals surface area contributed by atoms with Crippen LogP contribution in [0.4, 0.5) is 0 Å². The lowest BCUT2D eigenvalue weighted by molar-refractivity contribution is -0.307. The van der Waals surface area contributed by atoms with Gasteiger partial charge in [-0.3, -0.25) is 0 Å². The molecule has 0 amide bonds. The smallest absolute Gasteiger partial charge is 0.270 e. The van der Waals surface area contributed by atoms with E-state index in [1.54, 1.807) is 50.6 Å². The summed E-state index contributed by atoms with van der Waals surface area (Å²) in [6, 6.07) is 7.07. The van der Waals surface area contributed by atoms with Gasteiger partial charge < -0.3 is 9.47 Å². The molecule has 0 aliphatic heterocycles. The number of methoxy groups -OCH3 is 2. The molecule has 0 heterocycles. The summed E-state index contributed by atoms with van der Waals surface area (Å²) in [5.74, 6) is -1.46. The molecule has 4 nitrogen and oxygen atoms in total. The summed E-state index contributed by atoms with van der Waals surface area (Å²) in [4.78, 5) is 0. The molecule has 0 bridgehead atoms. The van der Waals surface area contributed by atoms with Gasteiger partial charge in [0, 0.05) is 5.57 Å². The van der Waals surface area contributed by atoms with Crippen molar-refractivity contribution in [1.82, 2.24) is 0 Å². The summed E-state index contributed by atoms with van der Waals surface area (Å²) in [7, 11) is 3.12. The van der Waals surface area contributed by atoms with E-state index < -0.39 is 22.0 Å². The fourth-order valence-corrected chi connectivity index (χ4v) is 4.53. The first kappa shape index (κ1) is 20.5. The van der Waals surface area contributed by atoms with Crippen LogP contribution in [-0.4, -0.2) is 20.0 Å². The number of allylic oxidation sites excluding steroid dienone is 1. The van der Waals surface area contributed by atoms with E-state index in [4.69, 9.17) is 9.47 Å². The first-order chi connectivity index (χ1) is 11.8. The van der Waals surface area contributed by atoms with Gasteiger partial charge in [-0.1, -0.05) is 53.7 Å². The molecular formula is C22H30O4. The van der Waals surface area contributed by atoms with Gasteiger partial charge in [0.2, 0.25) is 0 Å². The third-order valence-corrected chi connectivity index (χ3v) is 5.50. The SMILES string of the molecule is COC1=CC(C(C)(C)C)(C(C)(C)C)C([O])([O])C(c2cccc(OC)c2)=C1. The summed E-state index contributed by atoms with van der Waals surface area (Å²) in [5.41, 5.74) is -1.64. The van der Waals surface area contributed by atoms with Crippen molar-refractivity contribution in [2.75, 3.05) is 14.2 Å². The standard InChI is InChI=1S/C22H30O4/c1-19(2,3)21(20(4,5)6)14-17(26-8)13-18(22(21,23)24)15-10-9-11-16(12-15)25-7/h9-14H,1-8H3. The molecule has 0 unspecified atom stereocenters. The Labute approximate surface area is 157 Å².